The Hall–Kier alpha value is -0.670. The van der Waals surface area contributed by atoms with Crippen molar-refractivity contribution in [2.24, 2.45) is 0 Å². The fourth-order valence-corrected chi connectivity index (χ4v) is 2.63. The molecule has 2 N–H and O–H groups in total. The molecule has 3 heteroatoms. The van der Waals surface area contributed by atoms with Crippen LogP contribution in [0.2, 0.25) is 0 Å². The first-order valence-electron chi connectivity index (χ1n) is 5.13. The van der Waals surface area contributed by atoms with E-state index in [1.165, 1.54) is 37.2 Å². The Morgan fingerprint density at radius 2 is 1.64 bits per heavy atom. The molecule has 1 aliphatic rings. The summed E-state index contributed by atoms with van der Waals surface area (Å²) in [5, 5.41) is 0. The topological polar surface area (TPSA) is 29.3 Å². The molecule has 1 aliphatic heterocycles. The summed E-state index contributed by atoms with van der Waals surface area (Å²) in [4.78, 5) is 1.29. The number of hydrogen-bond donors (Lipinski definition) is 1. The Morgan fingerprint density at radius 1 is 1.00 bits per heavy atom. The number of rotatable bonds is 2. The molecule has 1 saturated heterocycles. The van der Waals surface area contributed by atoms with Crippen LogP contribution in [0.25, 0.3) is 0 Å². The first-order valence-corrected chi connectivity index (χ1v) is 5.90. The Labute approximate surface area is 89.6 Å². The van der Waals surface area contributed by atoms with E-state index < -0.39 is 0 Å². The molecule has 0 unspecified atom stereocenters. The number of nitrogen functional groups attached to an aromatic ring is 1. The van der Waals surface area contributed by atoms with Gasteiger partial charge in [0.05, 0.1) is 0 Å². The standard InChI is InChI=1S/C11H16N2S/c12-10-4-6-11(7-5-10)14-13-8-2-1-3-9-13/h4-7H,1-3,8-9,12H2. The zero-order valence-electron chi connectivity index (χ0n) is 8.28. The third-order valence-corrected chi connectivity index (χ3v) is 3.54. The van der Waals surface area contributed by atoms with Crippen molar-refractivity contribution in [3.8, 4) is 0 Å². The molecule has 1 fully saturated rings. The summed E-state index contributed by atoms with van der Waals surface area (Å²) in [5.41, 5.74) is 6.48. The van der Waals surface area contributed by atoms with Gasteiger partial charge in [0.25, 0.3) is 0 Å². The highest BCUT2D eigenvalue weighted by molar-refractivity contribution is 7.97. The van der Waals surface area contributed by atoms with Gasteiger partial charge in [-0.3, -0.25) is 0 Å². The van der Waals surface area contributed by atoms with Gasteiger partial charge < -0.3 is 5.73 Å². The van der Waals surface area contributed by atoms with Crippen molar-refractivity contribution in [3.63, 3.8) is 0 Å². The molecule has 76 valence electrons. The van der Waals surface area contributed by atoms with E-state index >= 15 is 0 Å². The molecule has 0 aliphatic carbocycles. The van der Waals surface area contributed by atoms with Gasteiger partial charge in [-0.25, -0.2) is 4.31 Å². The summed E-state index contributed by atoms with van der Waals surface area (Å²) in [6.45, 7) is 2.43. The maximum absolute atomic E-state index is 5.64. The van der Waals surface area contributed by atoms with E-state index in [0.29, 0.717) is 0 Å². The smallest absolute Gasteiger partial charge is 0.0314 e. The third-order valence-electron chi connectivity index (χ3n) is 2.43. The molecule has 2 nitrogen and oxygen atoms in total. The number of benzene rings is 1. The quantitative estimate of drug-likeness (QED) is 0.598. The predicted octanol–water partition coefficient (Wildman–Crippen LogP) is 2.76. The lowest BCUT2D eigenvalue weighted by Crippen LogP contribution is -2.22. The van der Waals surface area contributed by atoms with Gasteiger partial charge in [0.15, 0.2) is 0 Å². The van der Waals surface area contributed by atoms with Gasteiger partial charge in [0, 0.05) is 23.7 Å². The van der Waals surface area contributed by atoms with Crippen molar-refractivity contribution in [1.82, 2.24) is 4.31 Å². The van der Waals surface area contributed by atoms with E-state index in [-0.39, 0.29) is 0 Å². The van der Waals surface area contributed by atoms with Crippen molar-refractivity contribution in [2.75, 3.05) is 18.8 Å². The SMILES string of the molecule is Nc1ccc(SN2CCCCC2)cc1. The van der Waals surface area contributed by atoms with E-state index in [1.807, 2.05) is 24.1 Å². The number of nitrogens with two attached hydrogens (primary N) is 1. The first-order chi connectivity index (χ1) is 6.84. The van der Waals surface area contributed by atoms with Crippen LogP contribution < -0.4 is 5.73 Å². The Morgan fingerprint density at radius 3 is 2.29 bits per heavy atom. The van der Waals surface area contributed by atoms with Gasteiger partial charge in [0.2, 0.25) is 0 Å². The second-order valence-corrected chi connectivity index (χ2v) is 4.82. The molecule has 0 saturated carbocycles. The molecule has 1 heterocycles. The highest BCUT2D eigenvalue weighted by Crippen LogP contribution is 2.26. The number of piperidine rings is 1. The van der Waals surface area contributed by atoms with Gasteiger partial charge in [-0.15, -0.1) is 0 Å². The van der Waals surface area contributed by atoms with Gasteiger partial charge in [-0.1, -0.05) is 6.42 Å². The van der Waals surface area contributed by atoms with Gasteiger partial charge in [-0.05, 0) is 49.1 Å². The summed E-state index contributed by atoms with van der Waals surface area (Å²) in [6, 6.07) is 8.11. The highest BCUT2D eigenvalue weighted by Gasteiger charge is 2.10. The maximum atomic E-state index is 5.64. The van der Waals surface area contributed by atoms with Crippen LogP contribution in [0.5, 0.6) is 0 Å². The van der Waals surface area contributed by atoms with Crippen molar-refractivity contribution in [3.05, 3.63) is 24.3 Å². The maximum Gasteiger partial charge on any atom is 0.0314 e. The molecule has 0 aromatic heterocycles. The lowest BCUT2D eigenvalue weighted by atomic mass is 10.2. The van der Waals surface area contributed by atoms with Crippen LogP contribution in [0, 0.1) is 0 Å². The molecular weight excluding hydrogens is 192 g/mol. The van der Waals surface area contributed by atoms with Crippen molar-refractivity contribution in [1.29, 1.82) is 0 Å². The molecular formula is C11H16N2S. The van der Waals surface area contributed by atoms with E-state index in [9.17, 15) is 0 Å². The molecule has 1 aromatic carbocycles. The third kappa shape index (κ3) is 2.66. The predicted molar refractivity (Wildman–Crippen MR) is 62.1 cm³/mol. The second-order valence-electron chi connectivity index (χ2n) is 3.65. The van der Waals surface area contributed by atoms with Gasteiger partial charge in [-0.2, -0.15) is 0 Å². The molecule has 0 atom stereocenters. The molecule has 14 heavy (non-hydrogen) atoms. The van der Waals surface area contributed by atoms with Crippen molar-refractivity contribution >= 4 is 17.6 Å². The van der Waals surface area contributed by atoms with Crippen LogP contribution in [-0.4, -0.2) is 17.4 Å². The van der Waals surface area contributed by atoms with Crippen LogP contribution in [0.15, 0.2) is 29.2 Å². The Balaban J connectivity index is 1.92. The average Bonchev–Trinajstić information content (AvgIpc) is 2.23. The number of anilines is 1. The monoisotopic (exact) mass is 208 g/mol. The largest absolute Gasteiger partial charge is 0.399 e. The minimum absolute atomic E-state index is 0.841. The van der Waals surface area contributed by atoms with Crippen molar-refractivity contribution in [2.45, 2.75) is 24.2 Å². The van der Waals surface area contributed by atoms with Gasteiger partial charge in [0.1, 0.15) is 0 Å². The minimum atomic E-state index is 0.841. The molecule has 2 rings (SSSR count). The molecule has 0 radical (unpaired) electrons. The number of hydrogen-bond acceptors (Lipinski definition) is 3. The minimum Gasteiger partial charge on any atom is -0.399 e. The highest BCUT2D eigenvalue weighted by atomic mass is 32.2. The van der Waals surface area contributed by atoms with E-state index in [2.05, 4.69) is 16.4 Å². The normalized spacial score (nSPS) is 18.3. The molecule has 0 amide bonds. The van der Waals surface area contributed by atoms with Crippen LogP contribution in [0.1, 0.15) is 19.3 Å². The Kier molecular flexibility index (Phi) is 3.32. The molecule has 0 spiro atoms. The van der Waals surface area contributed by atoms with E-state index in [0.717, 1.165) is 5.69 Å². The average molecular weight is 208 g/mol. The van der Waals surface area contributed by atoms with E-state index in [4.69, 9.17) is 5.73 Å². The summed E-state index contributed by atoms with van der Waals surface area (Å²) in [5.74, 6) is 0. The van der Waals surface area contributed by atoms with Gasteiger partial charge >= 0.3 is 0 Å². The summed E-state index contributed by atoms with van der Waals surface area (Å²) in [6.07, 6.45) is 4.06. The van der Waals surface area contributed by atoms with Crippen LogP contribution in [0.4, 0.5) is 5.69 Å². The van der Waals surface area contributed by atoms with Crippen LogP contribution >= 0.6 is 11.9 Å². The van der Waals surface area contributed by atoms with Crippen LogP contribution in [0.3, 0.4) is 0 Å². The first kappa shape index (κ1) is 9.87. The fourth-order valence-electron chi connectivity index (χ4n) is 1.63. The van der Waals surface area contributed by atoms with Crippen LogP contribution in [-0.2, 0) is 0 Å². The number of nitrogens with zero attached hydrogens (tertiary/aromatic N) is 1. The summed E-state index contributed by atoms with van der Waals surface area (Å²) >= 11 is 1.85. The summed E-state index contributed by atoms with van der Waals surface area (Å²) in [7, 11) is 0. The lowest BCUT2D eigenvalue weighted by molar-refractivity contribution is 0.380. The van der Waals surface area contributed by atoms with Crippen molar-refractivity contribution < 1.29 is 0 Å². The van der Waals surface area contributed by atoms with E-state index in [1.54, 1.807) is 0 Å². The second kappa shape index (κ2) is 4.71. The summed E-state index contributed by atoms with van der Waals surface area (Å²) < 4.78 is 2.44. The zero-order valence-corrected chi connectivity index (χ0v) is 9.09. The lowest BCUT2D eigenvalue weighted by Gasteiger charge is -2.24. The molecule has 0 bridgehead atoms. The fraction of sp³-hybridized carbons (Fsp3) is 0.455. The Bertz CT molecular complexity index is 278. The zero-order chi connectivity index (χ0) is 9.80. The molecule has 1 aromatic rings.